The van der Waals surface area contributed by atoms with Crippen molar-refractivity contribution in [2.75, 3.05) is 11.1 Å². The molecule has 0 spiro atoms. The fourth-order valence-electron chi connectivity index (χ4n) is 1.54. The summed E-state index contributed by atoms with van der Waals surface area (Å²) in [6.07, 6.45) is 0. The molecule has 0 amide bonds. The predicted molar refractivity (Wildman–Crippen MR) is 77.3 cm³/mol. The smallest absolute Gasteiger partial charge is 0.0577 e. The van der Waals surface area contributed by atoms with Gasteiger partial charge in [-0.25, -0.2) is 0 Å². The molecule has 17 heavy (non-hydrogen) atoms. The zero-order chi connectivity index (χ0) is 12.3. The van der Waals surface area contributed by atoms with Gasteiger partial charge in [0, 0.05) is 16.0 Å². The van der Waals surface area contributed by atoms with Gasteiger partial charge in [0.15, 0.2) is 0 Å². The molecule has 2 aromatic rings. The third-order valence-electron chi connectivity index (χ3n) is 2.39. The Morgan fingerprint density at radius 3 is 2.71 bits per heavy atom. The van der Waals surface area contributed by atoms with Crippen molar-refractivity contribution in [1.82, 2.24) is 0 Å². The zero-order valence-corrected chi connectivity index (χ0v) is 11.4. The Kier molecular flexibility index (Phi) is 3.92. The molecular formula is C13H12BrClN2. The molecule has 0 aliphatic carbocycles. The number of rotatable bonds is 3. The van der Waals surface area contributed by atoms with Crippen LogP contribution in [0.15, 0.2) is 46.9 Å². The zero-order valence-electron chi connectivity index (χ0n) is 9.08. The first-order valence-electron chi connectivity index (χ1n) is 5.18. The Bertz CT molecular complexity index is 529. The molecule has 3 N–H and O–H groups in total. The fourth-order valence-corrected chi connectivity index (χ4v) is 2.17. The number of halogens is 2. The van der Waals surface area contributed by atoms with Crippen LogP contribution >= 0.6 is 27.5 Å². The topological polar surface area (TPSA) is 38.0 Å². The molecule has 0 saturated heterocycles. The maximum absolute atomic E-state index is 5.86. The molecule has 2 rings (SSSR count). The van der Waals surface area contributed by atoms with Crippen LogP contribution in [0, 0.1) is 0 Å². The minimum absolute atomic E-state index is 0.649. The second-order valence-electron chi connectivity index (χ2n) is 3.72. The van der Waals surface area contributed by atoms with Crippen molar-refractivity contribution in [1.29, 1.82) is 0 Å². The fraction of sp³-hybridized carbons (Fsp3) is 0.0769. The van der Waals surface area contributed by atoms with Gasteiger partial charge in [-0.05, 0) is 35.9 Å². The van der Waals surface area contributed by atoms with Crippen LogP contribution in [0.3, 0.4) is 0 Å². The van der Waals surface area contributed by atoms with Crippen LogP contribution in [0.5, 0.6) is 0 Å². The largest absolute Gasteiger partial charge is 0.397 e. The molecule has 0 fully saturated rings. The van der Waals surface area contributed by atoms with E-state index in [0.29, 0.717) is 10.7 Å². The summed E-state index contributed by atoms with van der Waals surface area (Å²) in [4.78, 5) is 0. The lowest BCUT2D eigenvalue weighted by Gasteiger charge is -2.09. The van der Waals surface area contributed by atoms with E-state index in [4.69, 9.17) is 17.3 Å². The third kappa shape index (κ3) is 3.38. The molecule has 0 unspecified atom stereocenters. The summed E-state index contributed by atoms with van der Waals surface area (Å²) >= 11 is 9.28. The van der Waals surface area contributed by atoms with Gasteiger partial charge in [0.2, 0.25) is 0 Å². The van der Waals surface area contributed by atoms with Crippen LogP contribution in [0.4, 0.5) is 11.4 Å². The highest BCUT2D eigenvalue weighted by molar-refractivity contribution is 9.10. The van der Waals surface area contributed by atoms with Gasteiger partial charge in [0.1, 0.15) is 0 Å². The molecule has 0 heterocycles. The second-order valence-corrected chi connectivity index (χ2v) is 5.07. The molecule has 0 radical (unpaired) electrons. The molecule has 4 heteroatoms. The van der Waals surface area contributed by atoms with Crippen molar-refractivity contribution in [2.24, 2.45) is 0 Å². The Balaban J connectivity index is 2.07. The van der Waals surface area contributed by atoms with Gasteiger partial charge >= 0.3 is 0 Å². The minimum Gasteiger partial charge on any atom is -0.397 e. The van der Waals surface area contributed by atoms with Gasteiger partial charge in [-0.1, -0.05) is 39.7 Å². The Morgan fingerprint density at radius 1 is 1.18 bits per heavy atom. The van der Waals surface area contributed by atoms with E-state index in [1.807, 2.05) is 24.3 Å². The van der Waals surface area contributed by atoms with Crippen molar-refractivity contribution >= 4 is 38.9 Å². The lowest BCUT2D eigenvalue weighted by molar-refractivity contribution is 1.15. The predicted octanol–water partition coefficient (Wildman–Crippen LogP) is 4.30. The lowest BCUT2D eigenvalue weighted by Crippen LogP contribution is -2.02. The van der Waals surface area contributed by atoms with Gasteiger partial charge in [0.25, 0.3) is 0 Å². The Hall–Kier alpha value is -1.19. The SMILES string of the molecule is Nc1cc(Cl)ccc1NCc1cccc(Br)c1. The summed E-state index contributed by atoms with van der Waals surface area (Å²) < 4.78 is 1.07. The monoisotopic (exact) mass is 310 g/mol. The van der Waals surface area contributed by atoms with Crippen LogP contribution < -0.4 is 11.1 Å². The van der Waals surface area contributed by atoms with Gasteiger partial charge in [0.05, 0.1) is 11.4 Å². The van der Waals surface area contributed by atoms with Crippen LogP contribution in [-0.4, -0.2) is 0 Å². The van der Waals surface area contributed by atoms with E-state index < -0.39 is 0 Å². The third-order valence-corrected chi connectivity index (χ3v) is 3.11. The average molecular weight is 312 g/mol. The van der Waals surface area contributed by atoms with Crippen molar-refractivity contribution in [3.05, 3.63) is 57.5 Å². The number of anilines is 2. The average Bonchev–Trinajstić information content (AvgIpc) is 2.28. The number of nitrogens with one attached hydrogen (secondary N) is 1. The number of hydrogen-bond donors (Lipinski definition) is 2. The van der Waals surface area contributed by atoms with Crippen LogP contribution in [0.1, 0.15) is 5.56 Å². The van der Waals surface area contributed by atoms with E-state index in [1.165, 1.54) is 5.56 Å². The lowest BCUT2D eigenvalue weighted by atomic mass is 10.2. The van der Waals surface area contributed by atoms with Crippen molar-refractivity contribution in [3.8, 4) is 0 Å². The highest BCUT2D eigenvalue weighted by Crippen LogP contribution is 2.23. The maximum atomic E-state index is 5.86. The van der Waals surface area contributed by atoms with Crippen molar-refractivity contribution < 1.29 is 0 Å². The summed E-state index contributed by atoms with van der Waals surface area (Å²) in [7, 11) is 0. The first-order valence-corrected chi connectivity index (χ1v) is 6.35. The molecule has 0 saturated carbocycles. The van der Waals surface area contributed by atoms with Crippen molar-refractivity contribution in [2.45, 2.75) is 6.54 Å². The number of nitrogen functional groups attached to an aromatic ring is 1. The van der Waals surface area contributed by atoms with Gasteiger partial charge in [-0.2, -0.15) is 0 Å². The van der Waals surface area contributed by atoms with Gasteiger partial charge < -0.3 is 11.1 Å². The highest BCUT2D eigenvalue weighted by Gasteiger charge is 2.00. The van der Waals surface area contributed by atoms with Gasteiger partial charge in [-0.15, -0.1) is 0 Å². The molecule has 0 aromatic heterocycles. The molecule has 2 aromatic carbocycles. The quantitative estimate of drug-likeness (QED) is 0.830. The Labute approximate surface area is 114 Å². The van der Waals surface area contributed by atoms with E-state index in [2.05, 4.69) is 33.4 Å². The molecule has 0 aliphatic heterocycles. The normalized spacial score (nSPS) is 10.2. The molecule has 0 atom stereocenters. The van der Waals surface area contributed by atoms with Crippen LogP contribution in [0.25, 0.3) is 0 Å². The van der Waals surface area contributed by atoms with E-state index in [-0.39, 0.29) is 0 Å². The standard InChI is InChI=1S/C13H12BrClN2/c14-10-3-1-2-9(6-10)8-17-13-5-4-11(15)7-12(13)16/h1-7,17H,8,16H2. The van der Waals surface area contributed by atoms with Gasteiger partial charge in [-0.3, -0.25) is 0 Å². The molecule has 0 bridgehead atoms. The van der Waals surface area contributed by atoms with E-state index in [1.54, 1.807) is 6.07 Å². The summed E-state index contributed by atoms with van der Waals surface area (Å²) in [5.74, 6) is 0. The molecule has 0 aliphatic rings. The molecule has 88 valence electrons. The number of hydrogen-bond acceptors (Lipinski definition) is 2. The number of nitrogens with two attached hydrogens (primary N) is 1. The summed E-state index contributed by atoms with van der Waals surface area (Å²) in [6.45, 7) is 0.727. The second kappa shape index (κ2) is 5.43. The summed E-state index contributed by atoms with van der Waals surface area (Å²) in [5, 5.41) is 3.93. The molecule has 2 nitrogen and oxygen atoms in total. The summed E-state index contributed by atoms with van der Waals surface area (Å²) in [6, 6.07) is 13.6. The minimum atomic E-state index is 0.649. The molecular weight excluding hydrogens is 300 g/mol. The van der Waals surface area contributed by atoms with Crippen LogP contribution in [-0.2, 0) is 6.54 Å². The van der Waals surface area contributed by atoms with E-state index >= 15 is 0 Å². The Morgan fingerprint density at radius 2 is 2.00 bits per heavy atom. The van der Waals surface area contributed by atoms with E-state index in [9.17, 15) is 0 Å². The van der Waals surface area contributed by atoms with Crippen LogP contribution in [0.2, 0.25) is 5.02 Å². The highest BCUT2D eigenvalue weighted by atomic mass is 79.9. The first-order chi connectivity index (χ1) is 8.15. The maximum Gasteiger partial charge on any atom is 0.0577 e. The number of benzene rings is 2. The van der Waals surface area contributed by atoms with Crippen molar-refractivity contribution in [3.63, 3.8) is 0 Å². The summed E-state index contributed by atoms with van der Waals surface area (Å²) in [5.41, 5.74) is 8.61. The van der Waals surface area contributed by atoms with E-state index in [0.717, 1.165) is 16.7 Å². The first kappa shape index (κ1) is 12.3.